The topological polar surface area (TPSA) is 67.4 Å². The van der Waals surface area contributed by atoms with Crippen LogP contribution in [0.15, 0.2) is 48.5 Å². The number of methoxy groups -OCH3 is 1. The highest BCUT2D eigenvalue weighted by atomic mass is 16.5. The maximum absolute atomic E-state index is 12.5. The zero-order valence-corrected chi connectivity index (χ0v) is 15.9. The van der Waals surface area contributed by atoms with E-state index in [1.54, 1.807) is 7.11 Å². The van der Waals surface area contributed by atoms with Crippen LogP contribution < -0.4 is 15.4 Å². The second kappa shape index (κ2) is 8.25. The Morgan fingerprint density at radius 2 is 1.70 bits per heavy atom. The number of carbonyl (C=O) groups is 2. The van der Waals surface area contributed by atoms with Crippen molar-refractivity contribution < 1.29 is 14.3 Å². The van der Waals surface area contributed by atoms with Gasteiger partial charge in [0.25, 0.3) is 0 Å². The lowest BCUT2D eigenvalue weighted by atomic mass is 10.0. The van der Waals surface area contributed by atoms with E-state index >= 15 is 0 Å². The summed E-state index contributed by atoms with van der Waals surface area (Å²) < 4.78 is 5.21. The first kappa shape index (κ1) is 19.0. The first-order valence-electron chi connectivity index (χ1n) is 9.28. The third kappa shape index (κ3) is 4.67. The second-order valence-electron chi connectivity index (χ2n) is 7.11. The second-order valence-corrected chi connectivity index (χ2v) is 7.11. The van der Waals surface area contributed by atoms with Crippen LogP contribution in [0.4, 0.5) is 0 Å². The molecule has 2 aromatic rings. The summed E-state index contributed by atoms with van der Waals surface area (Å²) in [6.07, 6.45) is 1.92. The number of hydrogen-bond acceptors (Lipinski definition) is 3. The van der Waals surface area contributed by atoms with Crippen molar-refractivity contribution in [3.8, 4) is 5.75 Å². The maximum atomic E-state index is 12.5. The molecule has 5 heteroatoms. The highest BCUT2D eigenvalue weighted by molar-refractivity contribution is 6.07. The van der Waals surface area contributed by atoms with Gasteiger partial charge in [0.2, 0.25) is 11.8 Å². The van der Waals surface area contributed by atoms with Gasteiger partial charge in [-0.25, -0.2) is 0 Å². The van der Waals surface area contributed by atoms with E-state index in [0.717, 1.165) is 16.9 Å². The molecule has 0 radical (unpaired) electrons. The Balaban J connectivity index is 1.48. The lowest BCUT2D eigenvalue weighted by molar-refractivity contribution is -0.137. The molecule has 2 N–H and O–H groups in total. The molecule has 3 rings (SSSR count). The van der Waals surface area contributed by atoms with Gasteiger partial charge in [-0.3, -0.25) is 9.59 Å². The molecule has 5 nitrogen and oxygen atoms in total. The minimum Gasteiger partial charge on any atom is -0.497 e. The van der Waals surface area contributed by atoms with Crippen LogP contribution in [0.25, 0.3) is 0 Å². The van der Waals surface area contributed by atoms with Crippen molar-refractivity contribution in [3.63, 3.8) is 0 Å². The SMILES string of the molecule is COc1cccc(CCNC(=O)C2(C(=O)NCc3ccc(C)cc3)CC2)c1. The van der Waals surface area contributed by atoms with Crippen molar-refractivity contribution in [2.24, 2.45) is 5.41 Å². The summed E-state index contributed by atoms with van der Waals surface area (Å²) in [5, 5.41) is 5.83. The molecule has 0 spiro atoms. The smallest absolute Gasteiger partial charge is 0.235 e. The number of carbonyl (C=O) groups excluding carboxylic acids is 2. The van der Waals surface area contributed by atoms with Crippen molar-refractivity contribution in [2.75, 3.05) is 13.7 Å². The van der Waals surface area contributed by atoms with Gasteiger partial charge in [-0.2, -0.15) is 0 Å². The maximum Gasteiger partial charge on any atom is 0.235 e. The average Bonchev–Trinajstić information content (AvgIpc) is 3.49. The third-order valence-electron chi connectivity index (χ3n) is 5.03. The summed E-state index contributed by atoms with van der Waals surface area (Å²) in [5.41, 5.74) is 2.41. The first-order valence-corrected chi connectivity index (χ1v) is 9.28. The van der Waals surface area contributed by atoms with E-state index in [0.29, 0.717) is 32.4 Å². The van der Waals surface area contributed by atoms with Crippen LogP contribution in [0.1, 0.15) is 29.5 Å². The van der Waals surface area contributed by atoms with Gasteiger partial charge in [0, 0.05) is 13.1 Å². The van der Waals surface area contributed by atoms with E-state index in [9.17, 15) is 9.59 Å². The number of benzene rings is 2. The van der Waals surface area contributed by atoms with Gasteiger partial charge in [-0.05, 0) is 49.4 Å². The van der Waals surface area contributed by atoms with Crippen molar-refractivity contribution in [1.29, 1.82) is 0 Å². The molecule has 0 atom stereocenters. The Labute approximate surface area is 160 Å². The lowest BCUT2D eigenvalue weighted by Crippen LogP contribution is -2.43. The Morgan fingerprint density at radius 1 is 1.00 bits per heavy atom. The Morgan fingerprint density at radius 3 is 2.37 bits per heavy atom. The summed E-state index contributed by atoms with van der Waals surface area (Å²) in [4.78, 5) is 25.1. The minimum atomic E-state index is -0.890. The van der Waals surface area contributed by atoms with Gasteiger partial charge >= 0.3 is 0 Å². The van der Waals surface area contributed by atoms with Gasteiger partial charge in [0.05, 0.1) is 7.11 Å². The van der Waals surface area contributed by atoms with E-state index in [1.807, 2.05) is 55.5 Å². The zero-order valence-electron chi connectivity index (χ0n) is 15.9. The van der Waals surface area contributed by atoms with Crippen molar-refractivity contribution in [2.45, 2.75) is 32.7 Å². The van der Waals surface area contributed by atoms with Crippen LogP contribution in [0, 0.1) is 12.3 Å². The molecule has 0 heterocycles. The van der Waals surface area contributed by atoms with Gasteiger partial charge in [0.15, 0.2) is 0 Å². The molecule has 0 unspecified atom stereocenters. The molecule has 1 fully saturated rings. The molecule has 0 aliphatic heterocycles. The normalized spacial score (nSPS) is 14.3. The summed E-state index contributed by atoms with van der Waals surface area (Å²) in [6, 6.07) is 15.8. The van der Waals surface area contributed by atoms with Crippen LogP contribution in [-0.2, 0) is 22.6 Å². The van der Waals surface area contributed by atoms with E-state index in [-0.39, 0.29) is 11.8 Å². The van der Waals surface area contributed by atoms with Gasteiger partial charge < -0.3 is 15.4 Å². The molecular weight excluding hydrogens is 340 g/mol. The highest BCUT2D eigenvalue weighted by Crippen LogP contribution is 2.46. The molecule has 2 aromatic carbocycles. The van der Waals surface area contributed by atoms with E-state index in [2.05, 4.69) is 10.6 Å². The van der Waals surface area contributed by atoms with Crippen molar-refractivity contribution in [3.05, 3.63) is 65.2 Å². The first-order chi connectivity index (χ1) is 13.0. The van der Waals surface area contributed by atoms with Gasteiger partial charge in [-0.1, -0.05) is 42.0 Å². The summed E-state index contributed by atoms with van der Waals surface area (Å²) >= 11 is 0. The monoisotopic (exact) mass is 366 g/mol. The Bertz CT molecular complexity index is 811. The van der Waals surface area contributed by atoms with Crippen molar-refractivity contribution >= 4 is 11.8 Å². The number of amides is 2. The molecule has 1 aliphatic carbocycles. The fraction of sp³-hybridized carbons (Fsp3) is 0.364. The Kier molecular flexibility index (Phi) is 5.79. The molecule has 0 aromatic heterocycles. The summed E-state index contributed by atoms with van der Waals surface area (Å²) in [7, 11) is 1.63. The summed E-state index contributed by atoms with van der Waals surface area (Å²) in [6.45, 7) is 2.97. The molecule has 1 aliphatic rings. The largest absolute Gasteiger partial charge is 0.497 e. The average molecular weight is 366 g/mol. The standard InChI is InChI=1S/C22H26N2O3/c1-16-6-8-18(9-7-16)15-24-21(26)22(11-12-22)20(25)23-13-10-17-4-3-5-19(14-17)27-2/h3-9,14H,10-13,15H2,1-2H3,(H,23,25)(H,24,26). The van der Waals surface area contributed by atoms with Crippen molar-refractivity contribution in [1.82, 2.24) is 10.6 Å². The van der Waals surface area contributed by atoms with Crippen LogP contribution >= 0.6 is 0 Å². The number of aryl methyl sites for hydroxylation is 1. The quantitative estimate of drug-likeness (QED) is 0.706. The predicted molar refractivity (Wildman–Crippen MR) is 104 cm³/mol. The lowest BCUT2D eigenvalue weighted by Gasteiger charge is -2.15. The van der Waals surface area contributed by atoms with E-state index in [4.69, 9.17) is 4.74 Å². The highest BCUT2D eigenvalue weighted by Gasteiger charge is 2.56. The van der Waals surface area contributed by atoms with Crippen LogP contribution in [0.5, 0.6) is 5.75 Å². The molecule has 27 heavy (non-hydrogen) atoms. The molecule has 0 saturated heterocycles. The van der Waals surface area contributed by atoms with E-state index < -0.39 is 5.41 Å². The molecule has 2 amide bonds. The molecular formula is C22H26N2O3. The van der Waals surface area contributed by atoms with Crippen LogP contribution in [0.3, 0.4) is 0 Å². The predicted octanol–water partition coefficient (Wildman–Crippen LogP) is 2.76. The molecule has 142 valence electrons. The Hall–Kier alpha value is -2.82. The molecule has 1 saturated carbocycles. The fourth-order valence-electron chi connectivity index (χ4n) is 3.06. The van der Waals surface area contributed by atoms with Gasteiger partial charge in [-0.15, -0.1) is 0 Å². The number of ether oxygens (including phenoxy) is 1. The molecule has 0 bridgehead atoms. The van der Waals surface area contributed by atoms with Gasteiger partial charge in [0.1, 0.15) is 11.2 Å². The van der Waals surface area contributed by atoms with Crippen LogP contribution in [0.2, 0.25) is 0 Å². The fourth-order valence-corrected chi connectivity index (χ4v) is 3.06. The number of hydrogen-bond donors (Lipinski definition) is 2. The zero-order chi connectivity index (χ0) is 19.3. The van der Waals surface area contributed by atoms with E-state index in [1.165, 1.54) is 5.56 Å². The summed E-state index contributed by atoms with van der Waals surface area (Å²) in [5.74, 6) is 0.446. The van der Waals surface area contributed by atoms with Crippen LogP contribution in [-0.4, -0.2) is 25.5 Å². The minimum absolute atomic E-state index is 0.174. The number of nitrogens with one attached hydrogen (secondary N) is 2. The number of rotatable bonds is 8. The third-order valence-corrected chi connectivity index (χ3v) is 5.03.